The van der Waals surface area contributed by atoms with Gasteiger partial charge in [0.1, 0.15) is 0 Å². The smallest absolute Gasteiger partial charge is 0.303 e. The van der Waals surface area contributed by atoms with Crippen molar-refractivity contribution < 1.29 is 19.4 Å². The number of carbonyl (C=O) groups excluding carboxylic acids is 1. The second kappa shape index (κ2) is 8.15. The fourth-order valence-electron chi connectivity index (χ4n) is 2.58. The highest BCUT2D eigenvalue weighted by atomic mass is 35.5. The molecule has 0 saturated carbocycles. The Hall–Kier alpha value is -1.59. The molecule has 0 spiro atoms. The normalized spacial score (nSPS) is 18.9. The van der Waals surface area contributed by atoms with Gasteiger partial charge in [-0.1, -0.05) is 23.7 Å². The number of nitrogens with one attached hydrogen (secondary N) is 1. The molecule has 2 rings (SSSR count). The molecule has 6 heteroatoms. The summed E-state index contributed by atoms with van der Waals surface area (Å²) in [4.78, 5) is 23.1. The summed E-state index contributed by atoms with van der Waals surface area (Å²) in [6.07, 6.45) is 2.11. The molecule has 1 fully saturated rings. The van der Waals surface area contributed by atoms with Crippen LogP contribution in [0.15, 0.2) is 24.3 Å². The van der Waals surface area contributed by atoms with Crippen molar-refractivity contribution in [3.63, 3.8) is 0 Å². The van der Waals surface area contributed by atoms with Crippen molar-refractivity contribution in [3.05, 3.63) is 34.9 Å². The summed E-state index contributed by atoms with van der Waals surface area (Å²) in [5.41, 5.74) is 0.805. The fourth-order valence-corrected chi connectivity index (χ4v) is 2.71. The van der Waals surface area contributed by atoms with Crippen molar-refractivity contribution in [2.24, 2.45) is 0 Å². The van der Waals surface area contributed by atoms with Gasteiger partial charge in [0.05, 0.1) is 12.5 Å². The first-order chi connectivity index (χ1) is 10.5. The molecule has 0 aromatic heterocycles. The molecule has 5 nitrogen and oxygen atoms in total. The number of ether oxygens (including phenoxy) is 1. The van der Waals surface area contributed by atoms with Crippen molar-refractivity contribution in [1.82, 2.24) is 5.32 Å². The van der Waals surface area contributed by atoms with Crippen LogP contribution in [-0.4, -0.2) is 36.2 Å². The van der Waals surface area contributed by atoms with Crippen LogP contribution in [-0.2, 0) is 14.3 Å². The Bertz CT molecular complexity index is 511. The number of rotatable bonds is 7. The summed E-state index contributed by atoms with van der Waals surface area (Å²) in [5.74, 6) is -1.44. The molecular weight excluding hydrogens is 306 g/mol. The van der Waals surface area contributed by atoms with Gasteiger partial charge in [0.15, 0.2) is 0 Å². The summed E-state index contributed by atoms with van der Waals surface area (Å²) < 4.78 is 5.45. The number of carboxylic acid groups (broad SMARTS) is 1. The standard InChI is InChI=1S/C16H20ClNO4/c17-13-5-3-11(4-6-13)12(9-16(20)21)8-15(19)18-10-14-2-1-7-22-14/h3-6,12,14H,1-2,7-10H2,(H,18,19)(H,20,21). The molecule has 120 valence electrons. The lowest BCUT2D eigenvalue weighted by Gasteiger charge is -2.16. The highest BCUT2D eigenvalue weighted by molar-refractivity contribution is 6.30. The molecule has 1 aromatic carbocycles. The maximum Gasteiger partial charge on any atom is 0.303 e. The van der Waals surface area contributed by atoms with Gasteiger partial charge in [-0.05, 0) is 30.5 Å². The average Bonchev–Trinajstić information content (AvgIpc) is 2.98. The van der Waals surface area contributed by atoms with Gasteiger partial charge in [-0.2, -0.15) is 0 Å². The third-order valence-electron chi connectivity index (χ3n) is 3.75. The van der Waals surface area contributed by atoms with Gasteiger partial charge in [0, 0.05) is 30.5 Å². The van der Waals surface area contributed by atoms with Gasteiger partial charge in [0.2, 0.25) is 5.91 Å². The van der Waals surface area contributed by atoms with Crippen LogP contribution in [0, 0.1) is 0 Å². The molecule has 1 aliphatic rings. The largest absolute Gasteiger partial charge is 0.481 e. The Morgan fingerprint density at radius 2 is 2.05 bits per heavy atom. The molecule has 0 aliphatic carbocycles. The lowest BCUT2D eigenvalue weighted by molar-refractivity contribution is -0.137. The van der Waals surface area contributed by atoms with Gasteiger partial charge < -0.3 is 15.2 Å². The topological polar surface area (TPSA) is 75.6 Å². The van der Waals surface area contributed by atoms with E-state index in [9.17, 15) is 9.59 Å². The Morgan fingerprint density at radius 3 is 2.64 bits per heavy atom. The van der Waals surface area contributed by atoms with Crippen LogP contribution in [0.3, 0.4) is 0 Å². The van der Waals surface area contributed by atoms with E-state index in [-0.39, 0.29) is 30.8 Å². The molecular formula is C16H20ClNO4. The SMILES string of the molecule is O=C(O)CC(CC(=O)NCC1CCCO1)c1ccc(Cl)cc1. The predicted octanol–water partition coefficient (Wildman–Crippen LogP) is 2.58. The molecule has 1 aliphatic heterocycles. The molecule has 1 heterocycles. The van der Waals surface area contributed by atoms with Crippen LogP contribution >= 0.6 is 11.6 Å². The van der Waals surface area contributed by atoms with Gasteiger partial charge in [0.25, 0.3) is 0 Å². The fraction of sp³-hybridized carbons (Fsp3) is 0.500. The highest BCUT2D eigenvalue weighted by Gasteiger charge is 2.21. The molecule has 0 bridgehead atoms. The van der Waals surface area contributed by atoms with Crippen LogP contribution in [0.2, 0.25) is 5.02 Å². The third kappa shape index (κ3) is 5.31. The zero-order valence-corrected chi connectivity index (χ0v) is 13.0. The first-order valence-electron chi connectivity index (χ1n) is 7.40. The van der Waals surface area contributed by atoms with Crippen LogP contribution in [0.25, 0.3) is 0 Å². The lowest BCUT2D eigenvalue weighted by atomic mass is 9.92. The Labute approximate surface area is 134 Å². The number of carbonyl (C=O) groups is 2. The summed E-state index contributed by atoms with van der Waals surface area (Å²) in [6.45, 7) is 1.23. The lowest BCUT2D eigenvalue weighted by Crippen LogP contribution is -2.32. The number of hydrogen-bond donors (Lipinski definition) is 2. The number of aliphatic carboxylic acids is 1. The van der Waals surface area contributed by atoms with Crippen LogP contribution in [0.5, 0.6) is 0 Å². The highest BCUT2D eigenvalue weighted by Crippen LogP contribution is 2.25. The van der Waals surface area contributed by atoms with E-state index in [1.165, 1.54) is 0 Å². The van der Waals surface area contributed by atoms with Crippen molar-refractivity contribution >= 4 is 23.5 Å². The number of hydrogen-bond acceptors (Lipinski definition) is 3. The van der Waals surface area contributed by atoms with Gasteiger partial charge in [-0.25, -0.2) is 0 Å². The molecule has 2 unspecified atom stereocenters. The number of halogens is 1. The second-order valence-corrected chi connectivity index (χ2v) is 5.93. The monoisotopic (exact) mass is 325 g/mol. The van der Waals surface area contributed by atoms with E-state index in [4.69, 9.17) is 21.4 Å². The molecule has 2 atom stereocenters. The van der Waals surface area contributed by atoms with E-state index in [2.05, 4.69) is 5.32 Å². The van der Waals surface area contributed by atoms with Gasteiger partial charge >= 0.3 is 5.97 Å². The van der Waals surface area contributed by atoms with Crippen molar-refractivity contribution in [1.29, 1.82) is 0 Å². The Balaban J connectivity index is 1.91. The molecule has 1 saturated heterocycles. The summed E-state index contributed by atoms with van der Waals surface area (Å²) in [6, 6.07) is 6.94. The first kappa shape index (κ1) is 16.8. The number of amides is 1. The second-order valence-electron chi connectivity index (χ2n) is 5.49. The van der Waals surface area contributed by atoms with E-state index >= 15 is 0 Å². The van der Waals surface area contributed by atoms with Crippen molar-refractivity contribution in [2.75, 3.05) is 13.2 Å². The summed E-state index contributed by atoms with van der Waals surface area (Å²) in [5, 5.41) is 12.4. The molecule has 1 amide bonds. The van der Waals surface area contributed by atoms with Gasteiger partial charge in [-0.3, -0.25) is 9.59 Å². The molecule has 1 aromatic rings. The van der Waals surface area contributed by atoms with E-state index in [0.29, 0.717) is 11.6 Å². The number of carboxylic acids is 1. The average molecular weight is 326 g/mol. The number of benzene rings is 1. The maximum absolute atomic E-state index is 12.0. The Kier molecular flexibility index (Phi) is 6.21. The molecule has 22 heavy (non-hydrogen) atoms. The summed E-state index contributed by atoms with van der Waals surface area (Å²) >= 11 is 5.84. The van der Waals surface area contributed by atoms with E-state index in [1.54, 1.807) is 24.3 Å². The first-order valence-corrected chi connectivity index (χ1v) is 7.78. The van der Waals surface area contributed by atoms with Crippen LogP contribution in [0.1, 0.15) is 37.2 Å². The van der Waals surface area contributed by atoms with Gasteiger partial charge in [-0.15, -0.1) is 0 Å². The van der Waals surface area contributed by atoms with E-state index < -0.39 is 5.97 Å². The van der Waals surface area contributed by atoms with Crippen molar-refractivity contribution in [3.8, 4) is 0 Å². The Morgan fingerprint density at radius 1 is 1.32 bits per heavy atom. The zero-order chi connectivity index (χ0) is 15.9. The molecule has 2 N–H and O–H groups in total. The minimum Gasteiger partial charge on any atom is -0.481 e. The third-order valence-corrected chi connectivity index (χ3v) is 4.00. The predicted molar refractivity (Wildman–Crippen MR) is 83.0 cm³/mol. The zero-order valence-electron chi connectivity index (χ0n) is 12.3. The maximum atomic E-state index is 12.0. The van der Waals surface area contributed by atoms with E-state index in [1.807, 2.05) is 0 Å². The summed E-state index contributed by atoms with van der Waals surface area (Å²) in [7, 11) is 0. The minimum absolute atomic E-state index is 0.0809. The van der Waals surface area contributed by atoms with Crippen molar-refractivity contribution in [2.45, 2.75) is 37.7 Å². The quantitative estimate of drug-likeness (QED) is 0.808. The minimum atomic E-state index is -0.924. The van der Waals surface area contributed by atoms with Crippen LogP contribution < -0.4 is 5.32 Å². The molecule has 0 radical (unpaired) electrons. The van der Waals surface area contributed by atoms with E-state index in [0.717, 1.165) is 25.0 Å². The van der Waals surface area contributed by atoms with Crippen LogP contribution in [0.4, 0.5) is 0 Å².